The number of hydrogen-bond donors (Lipinski definition) is 0. The van der Waals surface area contributed by atoms with Gasteiger partial charge in [-0.05, 0) is 59.3 Å². The van der Waals surface area contributed by atoms with E-state index in [-0.39, 0.29) is 25.5 Å². The molecule has 0 saturated heterocycles. The van der Waals surface area contributed by atoms with E-state index in [1.807, 2.05) is 55.7 Å². The number of rotatable bonds is 3. The minimum absolute atomic E-state index is 0. The number of benzene rings is 3. The van der Waals surface area contributed by atoms with Crippen LogP contribution >= 0.6 is 11.3 Å². The Kier molecular flexibility index (Phi) is 8.51. The van der Waals surface area contributed by atoms with E-state index in [1.54, 1.807) is 11.3 Å². The van der Waals surface area contributed by atoms with E-state index >= 15 is 0 Å². The van der Waals surface area contributed by atoms with Crippen LogP contribution < -0.4 is 0 Å². The Hall–Kier alpha value is -3.63. The Balaban J connectivity index is 0.000000204. The molecular formula is C36H30IrN2OS-2. The number of nitrogens with zero attached hydrogens (tertiary/aromatic N) is 2. The van der Waals surface area contributed by atoms with E-state index in [0.29, 0.717) is 0 Å². The van der Waals surface area contributed by atoms with Crippen molar-refractivity contribution in [1.82, 2.24) is 9.97 Å². The number of hydrogen-bond acceptors (Lipinski definition) is 4. The summed E-state index contributed by atoms with van der Waals surface area (Å²) < 4.78 is 7.63. The Bertz CT molecular complexity index is 1920. The number of furan rings is 1. The molecule has 0 aliphatic carbocycles. The topological polar surface area (TPSA) is 38.9 Å². The van der Waals surface area contributed by atoms with Crippen molar-refractivity contribution < 1.29 is 24.5 Å². The molecule has 7 aromatic rings. The number of aryl methyl sites for hydroxylation is 1. The smallest absolute Gasteiger partial charge is 0.129 e. The SMILES string of the molecule is CC(C)(C)Cc1ccnc(-c2[c-]ccc3c2oc2c4ccsc4ccc32)c1.Cc1ccc(-c2[c-]cccc2)nc1.[Ir]. The Morgan fingerprint density at radius 2 is 1.66 bits per heavy atom. The van der Waals surface area contributed by atoms with Gasteiger partial charge in [-0.25, -0.2) is 0 Å². The molecule has 4 heterocycles. The van der Waals surface area contributed by atoms with Gasteiger partial charge >= 0.3 is 0 Å². The molecule has 7 rings (SSSR count). The van der Waals surface area contributed by atoms with Gasteiger partial charge in [-0.2, -0.15) is 0 Å². The molecule has 1 radical (unpaired) electrons. The summed E-state index contributed by atoms with van der Waals surface area (Å²) in [7, 11) is 0. The molecule has 0 bridgehead atoms. The third-order valence-corrected chi connectivity index (χ3v) is 7.62. The summed E-state index contributed by atoms with van der Waals surface area (Å²) in [4.78, 5) is 8.94. The average Bonchev–Trinajstić information content (AvgIpc) is 3.58. The quantitative estimate of drug-likeness (QED) is 0.170. The molecule has 0 aliphatic heterocycles. The second-order valence-corrected chi connectivity index (χ2v) is 12.2. The van der Waals surface area contributed by atoms with E-state index in [1.165, 1.54) is 21.2 Å². The van der Waals surface area contributed by atoms with Crippen LogP contribution in [0, 0.1) is 24.5 Å². The van der Waals surface area contributed by atoms with Crippen molar-refractivity contribution in [3.8, 4) is 22.5 Å². The second-order valence-electron chi connectivity index (χ2n) is 11.3. The van der Waals surface area contributed by atoms with Gasteiger partial charge in [-0.15, -0.1) is 65.4 Å². The maximum atomic E-state index is 6.39. The molecule has 3 aromatic carbocycles. The Morgan fingerprint density at radius 1 is 0.805 bits per heavy atom. The molecule has 0 fully saturated rings. The van der Waals surface area contributed by atoms with Crippen LogP contribution in [-0.2, 0) is 26.5 Å². The number of aromatic nitrogens is 2. The number of fused-ring (bicyclic) bond motifs is 5. The molecule has 41 heavy (non-hydrogen) atoms. The van der Waals surface area contributed by atoms with Crippen LogP contribution in [0.25, 0.3) is 54.5 Å². The van der Waals surface area contributed by atoms with Crippen molar-refractivity contribution >= 4 is 43.4 Å². The first-order valence-corrected chi connectivity index (χ1v) is 14.3. The van der Waals surface area contributed by atoms with Gasteiger partial charge < -0.3 is 14.4 Å². The van der Waals surface area contributed by atoms with Gasteiger partial charge in [0.25, 0.3) is 0 Å². The van der Waals surface area contributed by atoms with Crippen LogP contribution in [0.5, 0.6) is 0 Å². The molecular weight excluding hydrogens is 701 g/mol. The fraction of sp³-hybridized carbons (Fsp3) is 0.167. The largest absolute Gasteiger partial charge is 0.500 e. The Morgan fingerprint density at radius 3 is 2.41 bits per heavy atom. The third-order valence-electron chi connectivity index (χ3n) is 6.74. The van der Waals surface area contributed by atoms with Crippen LogP contribution in [0.4, 0.5) is 0 Å². The molecule has 0 amide bonds. The standard InChI is InChI=1S/C24H20NOS.C12H10N.Ir/c1-24(2,3)14-15-9-11-25-20(13-15)18-6-4-5-16-17-7-8-21-19(10-12-27-21)23(17)26-22(16)18;1-10-7-8-12(13-9-10)11-5-3-2-4-6-11;/h4-5,7-13H,14H2,1-3H3;2-5,7-9H,1H3;/q2*-1;. The van der Waals surface area contributed by atoms with Crippen LogP contribution in [0.15, 0.2) is 101 Å². The Labute approximate surface area is 258 Å². The summed E-state index contributed by atoms with van der Waals surface area (Å²) in [6.45, 7) is 8.80. The van der Waals surface area contributed by atoms with Gasteiger partial charge in [0.05, 0.1) is 5.58 Å². The van der Waals surface area contributed by atoms with E-state index in [4.69, 9.17) is 4.42 Å². The van der Waals surface area contributed by atoms with E-state index in [9.17, 15) is 0 Å². The van der Waals surface area contributed by atoms with Crippen molar-refractivity contribution in [2.24, 2.45) is 5.41 Å². The third kappa shape index (κ3) is 6.33. The second kappa shape index (κ2) is 12.1. The molecule has 0 spiro atoms. The summed E-state index contributed by atoms with van der Waals surface area (Å²) >= 11 is 1.74. The van der Waals surface area contributed by atoms with Crippen molar-refractivity contribution in [3.63, 3.8) is 0 Å². The first kappa shape index (κ1) is 28.9. The molecule has 0 aliphatic rings. The summed E-state index contributed by atoms with van der Waals surface area (Å²) in [5, 5.41) is 5.56. The molecule has 0 N–H and O–H groups in total. The fourth-order valence-electron chi connectivity index (χ4n) is 4.95. The summed E-state index contributed by atoms with van der Waals surface area (Å²) in [5.74, 6) is 0. The molecule has 0 unspecified atom stereocenters. The van der Waals surface area contributed by atoms with Gasteiger partial charge in [0.2, 0.25) is 0 Å². The predicted molar refractivity (Wildman–Crippen MR) is 168 cm³/mol. The maximum absolute atomic E-state index is 6.39. The number of pyridine rings is 2. The minimum atomic E-state index is 0. The molecule has 207 valence electrons. The van der Waals surface area contributed by atoms with Crippen molar-refractivity contribution in [1.29, 1.82) is 0 Å². The van der Waals surface area contributed by atoms with Crippen molar-refractivity contribution in [2.75, 3.05) is 0 Å². The monoisotopic (exact) mass is 731 g/mol. The van der Waals surface area contributed by atoms with Gasteiger partial charge in [0.1, 0.15) is 5.58 Å². The van der Waals surface area contributed by atoms with Crippen molar-refractivity contribution in [3.05, 3.63) is 120 Å². The average molecular weight is 731 g/mol. The molecule has 0 atom stereocenters. The van der Waals surface area contributed by atoms with Crippen LogP contribution in [-0.4, -0.2) is 9.97 Å². The predicted octanol–water partition coefficient (Wildman–Crippen LogP) is 10.1. The summed E-state index contributed by atoms with van der Waals surface area (Å²) in [6.07, 6.45) is 4.77. The zero-order chi connectivity index (χ0) is 27.7. The molecule has 3 nitrogen and oxygen atoms in total. The maximum Gasteiger partial charge on any atom is 0.129 e. The van der Waals surface area contributed by atoms with Gasteiger partial charge in [0, 0.05) is 48.0 Å². The normalized spacial score (nSPS) is 11.3. The molecule has 5 heteroatoms. The van der Waals surface area contributed by atoms with Crippen LogP contribution in [0.2, 0.25) is 0 Å². The van der Waals surface area contributed by atoms with Gasteiger partial charge in [-0.1, -0.05) is 61.5 Å². The molecule has 4 aromatic heterocycles. The van der Waals surface area contributed by atoms with E-state index in [0.717, 1.165) is 50.9 Å². The fourth-order valence-corrected chi connectivity index (χ4v) is 5.73. The zero-order valence-electron chi connectivity index (χ0n) is 23.5. The number of thiophene rings is 1. The summed E-state index contributed by atoms with van der Waals surface area (Å²) in [6, 6.07) is 33.2. The summed E-state index contributed by atoms with van der Waals surface area (Å²) in [5.41, 5.74) is 8.40. The van der Waals surface area contributed by atoms with Gasteiger partial charge in [-0.3, -0.25) is 0 Å². The van der Waals surface area contributed by atoms with Gasteiger partial charge in [0.15, 0.2) is 0 Å². The molecule has 0 saturated carbocycles. The first-order valence-electron chi connectivity index (χ1n) is 13.4. The minimum Gasteiger partial charge on any atom is -0.500 e. The van der Waals surface area contributed by atoms with Crippen LogP contribution in [0.3, 0.4) is 0 Å². The van der Waals surface area contributed by atoms with Crippen LogP contribution in [0.1, 0.15) is 31.9 Å². The van der Waals surface area contributed by atoms with Crippen molar-refractivity contribution in [2.45, 2.75) is 34.1 Å². The first-order chi connectivity index (χ1) is 19.4. The zero-order valence-corrected chi connectivity index (χ0v) is 26.7. The van der Waals surface area contributed by atoms with E-state index in [2.05, 4.69) is 90.7 Å². The van der Waals surface area contributed by atoms with E-state index < -0.39 is 0 Å².